The van der Waals surface area contributed by atoms with Gasteiger partial charge in [-0.15, -0.1) is 24.0 Å². The first-order chi connectivity index (χ1) is 12.1. The molecule has 1 atom stereocenters. The fourth-order valence-corrected chi connectivity index (χ4v) is 4.67. The molecule has 1 aromatic carbocycles. The molecule has 9 heteroatoms. The topological polar surface area (TPSA) is 83.0 Å². The maximum Gasteiger partial charge on any atom is 0.236 e. The smallest absolute Gasteiger partial charge is 0.236 e. The van der Waals surface area contributed by atoms with E-state index in [4.69, 9.17) is 4.74 Å². The van der Waals surface area contributed by atoms with Crippen molar-refractivity contribution in [1.29, 1.82) is 0 Å². The summed E-state index contributed by atoms with van der Waals surface area (Å²) in [7, 11) is -1.67. The second kappa shape index (κ2) is 9.75. The van der Waals surface area contributed by atoms with Crippen molar-refractivity contribution < 1.29 is 13.2 Å². The average Bonchev–Trinajstić information content (AvgIpc) is 3.27. The summed E-state index contributed by atoms with van der Waals surface area (Å²) in [4.78, 5) is 4.13. The Morgan fingerprint density at radius 3 is 2.88 bits per heavy atom. The SMILES string of the molecule is CN=C(NCCS(=O)(=O)N1CCc2ccccc21)NCC1CCCO1.I. The van der Waals surface area contributed by atoms with Gasteiger partial charge in [0.2, 0.25) is 10.0 Å². The molecule has 3 rings (SSSR count). The van der Waals surface area contributed by atoms with E-state index in [1.807, 2.05) is 24.3 Å². The monoisotopic (exact) mass is 494 g/mol. The number of benzene rings is 1. The van der Waals surface area contributed by atoms with Gasteiger partial charge in [-0.3, -0.25) is 9.30 Å². The highest BCUT2D eigenvalue weighted by atomic mass is 127. The number of hydrogen-bond donors (Lipinski definition) is 2. The Morgan fingerprint density at radius 1 is 1.35 bits per heavy atom. The molecule has 0 aliphatic carbocycles. The largest absolute Gasteiger partial charge is 0.376 e. The Hall–Kier alpha value is -1.07. The van der Waals surface area contributed by atoms with E-state index in [1.165, 1.54) is 4.31 Å². The van der Waals surface area contributed by atoms with Crippen LogP contribution in [0.4, 0.5) is 5.69 Å². The molecule has 0 aromatic heterocycles. The summed E-state index contributed by atoms with van der Waals surface area (Å²) in [6, 6.07) is 7.68. The van der Waals surface area contributed by atoms with E-state index in [0.717, 1.165) is 37.1 Å². The number of anilines is 1. The van der Waals surface area contributed by atoms with Crippen molar-refractivity contribution >= 4 is 45.6 Å². The number of nitrogens with zero attached hydrogens (tertiary/aromatic N) is 2. The van der Waals surface area contributed by atoms with Crippen molar-refractivity contribution in [3.8, 4) is 0 Å². The molecule has 0 spiro atoms. The van der Waals surface area contributed by atoms with Crippen LogP contribution in [0.3, 0.4) is 0 Å². The van der Waals surface area contributed by atoms with Crippen LogP contribution >= 0.6 is 24.0 Å². The summed E-state index contributed by atoms with van der Waals surface area (Å²) in [5.41, 5.74) is 1.90. The normalized spacial score (nSPS) is 19.8. The molecule has 2 N–H and O–H groups in total. The minimum Gasteiger partial charge on any atom is -0.376 e. The van der Waals surface area contributed by atoms with Crippen LogP contribution in [0.15, 0.2) is 29.3 Å². The minimum absolute atomic E-state index is 0. The number of ether oxygens (including phenoxy) is 1. The zero-order valence-corrected chi connectivity index (χ0v) is 18.1. The summed E-state index contributed by atoms with van der Waals surface area (Å²) in [6.45, 7) is 2.33. The van der Waals surface area contributed by atoms with Crippen molar-refractivity contribution in [2.75, 3.05) is 43.3 Å². The van der Waals surface area contributed by atoms with Gasteiger partial charge in [-0.2, -0.15) is 0 Å². The third-order valence-corrected chi connectivity index (χ3v) is 6.35. The minimum atomic E-state index is -3.34. The van der Waals surface area contributed by atoms with Gasteiger partial charge in [-0.25, -0.2) is 8.42 Å². The first-order valence-corrected chi connectivity index (χ1v) is 10.4. The number of fused-ring (bicyclic) bond motifs is 1. The van der Waals surface area contributed by atoms with E-state index in [0.29, 0.717) is 25.6 Å². The molecule has 2 aliphatic heterocycles. The van der Waals surface area contributed by atoms with E-state index in [2.05, 4.69) is 15.6 Å². The second-order valence-electron chi connectivity index (χ2n) is 6.28. The highest BCUT2D eigenvalue weighted by Gasteiger charge is 2.28. The van der Waals surface area contributed by atoms with Gasteiger partial charge >= 0.3 is 0 Å². The fraction of sp³-hybridized carbons (Fsp3) is 0.588. The number of hydrogen-bond acceptors (Lipinski definition) is 4. The van der Waals surface area contributed by atoms with Gasteiger partial charge in [0.1, 0.15) is 0 Å². The van der Waals surface area contributed by atoms with E-state index in [-0.39, 0.29) is 35.8 Å². The second-order valence-corrected chi connectivity index (χ2v) is 8.29. The van der Waals surface area contributed by atoms with E-state index in [1.54, 1.807) is 7.05 Å². The summed E-state index contributed by atoms with van der Waals surface area (Å²) in [5.74, 6) is 0.634. The molecule has 1 aromatic rings. The fourth-order valence-electron chi connectivity index (χ4n) is 3.24. The predicted molar refractivity (Wildman–Crippen MR) is 115 cm³/mol. The molecule has 2 aliphatic rings. The summed E-state index contributed by atoms with van der Waals surface area (Å²) in [5, 5.41) is 6.26. The molecule has 1 unspecified atom stereocenters. The Bertz CT molecular complexity index is 720. The average molecular weight is 494 g/mol. The summed E-state index contributed by atoms with van der Waals surface area (Å²) in [6.07, 6.45) is 3.12. The lowest BCUT2D eigenvalue weighted by atomic mass is 10.2. The van der Waals surface area contributed by atoms with Crippen molar-refractivity contribution in [3.63, 3.8) is 0 Å². The van der Waals surface area contributed by atoms with Crippen LogP contribution in [0, 0.1) is 0 Å². The van der Waals surface area contributed by atoms with Gasteiger partial charge in [0.05, 0.1) is 17.5 Å². The van der Waals surface area contributed by atoms with Gasteiger partial charge in [-0.1, -0.05) is 18.2 Å². The first-order valence-electron chi connectivity index (χ1n) is 8.74. The Labute approximate surface area is 172 Å². The van der Waals surface area contributed by atoms with Crippen LogP contribution < -0.4 is 14.9 Å². The van der Waals surface area contributed by atoms with Crippen molar-refractivity contribution in [2.24, 2.45) is 4.99 Å². The van der Waals surface area contributed by atoms with Crippen LogP contribution in [0.1, 0.15) is 18.4 Å². The maximum atomic E-state index is 12.6. The lowest BCUT2D eigenvalue weighted by molar-refractivity contribution is 0.114. The molecule has 7 nitrogen and oxygen atoms in total. The Balaban J connectivity index is 0.00000243. The van der Waals surface area contributed by atoms with E-state index >= 15 is 0 Å². The third-order valence-electron chi connectivity index (χ3n) is 4.58. The molecule has 0 amide bonds. The van der Waals surface area contributed by atoms with Crippen LogP contribution in [0.25, 0.3) is 0 Å². The molecule has 1 saturated heterocycles. The number of sulfonamides is 1. The number of nitrogens with one attached hydrogen (secondary N) is 2. The molecular weight excluding hydrogens is 467 g/mol. The third kappa shape index (κ3) is 5.23. The number of para-hydroxylation sites is 1. The number of guanidine groups is 1. The van der Waals surface area contributed by atoms with Crippen LogP contribution in [0.2, 0.25) is 0 Å². The molecule has 2 heterocycles. The number of aliphatic imine (C=N–C) groups is 1. The summed E-state index contributed by atoms with van der Waals surface area (Å²) < 4.78 is 32.4. The van der Waals surface area contributed by atoms with E-state index < -0.39 is 10.0 Å². The zero-order valence-electron chi connectivity index (χ0n) is 15.0. The van der Waals surface area contributed by atoms with Gasteiger partial charge in [0.15, 0.2) is 5.96 Å². The van der Waals surface area contributed by atoms with Crippen molar-refractivity contribution in [2.45, 2.75) is 25.4 Å². The van der Waals surface area contributed by atoms with Gasteiger partial charge in [0, 0.05) is 33.3 Å². The zero-order chi connectivity index (χ0) is 17.7. The maximum absolute atomic E-state index is 12.6. The number of rotatable bonds is 6. The van der Waals surface area contributed by atoms with Crippen LogP contribution in [-0.2, 0) is 21.2 Å². The number of halogens is 1. The van der Waals surface area contributed by atoms with E-state index in [9.17, 15) is 8.42 Å². The highest BCUT2D eigenvalue weighted by molar-refractivity contribution is 14.0. The lowest BCUT2D eigenvalue weighted by Gasteiger charge is -2.20. The quantitative estimate of drug-likeness (QED) is 0.355. The molecule has 26 heavy (non-hydrogen) atoms. The Morgan fingerprint density at radius 2 is 2.15 bits per heavy atom. The predicted octanol–water partition coefficient (Wildman–Crippen LogP) is 1.34. The molecule has 0 bridgehead atoms. The molecule has 1 fully saturated rings. The van der Waals surface area contributed by atoms with Gasteiger partial charge < -0.3 is 15.4 Å². The molecule has 0 radical (unpaired) electrons. The first kappa shape index (κ1) is 21.2. The van der Waals surface area contributed by atoms with Gasteiger partial charge in [-0.05, 0) is 30.9 Å². The molecule has 0 saturated carbocycles. The highest BCUT2D eigenvalue weighted by Crippen LogP contribution is 2.29. The van der Waals surface area contributed by atoms with Crippen LogP contribution in [-0.4, -0.2) is 59.5 Å². The van der Waals surface area contributed by atoms with Crippen molar-refractivity contribution in [3.05, 3.63) is 29.8 Å². The standard InChI is InChI=1S/C17H26N4O3S.HI/c1-18-17(20-13-15-6-4-11-24-15)19-9-12-25(22,23)21-10-8-14-5-2-3-7-16(14)21;/h2-3,5,7,15H,4,6,8-13H2,1H3,(H2,18,19,20);1H. The van der Waals surface area contributed by atoms with Crippen LogP contribution in [0.5, 0.6) is 0 Å². The van der Waals surface area contributed by atoms with Crippen molar-refractivity contribution in [1.82, 2.24) is 10.6 Å². The summed E-state index contributed by atoms with van der Waals surface area (Å²) >= 11 is 0. The van der Waals surface area contributed by atoms with Gasteiger partial charge in [0.25, 0.3) is 0 Å². The Kier molecular flexibility index (Phi) is 7.96. The molecular formula is C17H27IN4O3S. The lowest BCUT2D eigenvalue weighted by Crippen LogP contribution is -2.44. The molecule has 146 valence electrons.